The zero-order valence-electron chi connectivity index (χ0n) is 6.34. The molecule has 0 spiro atoms. The third-order valence-corrected chi connectivity index (χ3v) is 2.34. The van der Waals surface area contributed by atoms with E-state index in [2.05, 4.69) is 0 Å². The summed E-state index contributed by atoms with van der Waals surface area (Å²) in [5.41, 5.74) is 0.422. The molecule has 0 radical (unpaired) electrons. The first-order chi connectivity index (χ1) is 5.52. The lowest BCUT2D eigenvalue weighted by Crippen LogP contribution is -1.95. The van der Waals surface area contributed by atoms with Gasteiger partial charge in [-0.25, -0.2) is 0 Å². The maximum atomic E-state index is 10.9. The Hall–Kier alpha value is -0.780. The first-order valence-corrected chi connectivity index (χ1v) is 4.32. The van der Waals surface area contributed by atoms with Crippen molar-refractivity contribution in [2.24, 2.45) is 0 Å². The van der Waals surface area contributed by atoms with Gasteiger partial charge >= 0.3 is 0 Å². The normalized spacial score (nSPS) is 9.83. The van der Waals surface area contributed by atoms with Crippen LogP contribution in [0.3, 0.4) is 0 Å². The maximum absolute atomic E-state index is 10.9. The summed E-state index contributed by atoms with van der Waals surface area (Å²) < 4.78 is 0.635. The quantitative estimate of drug-likeness (QED) is 0.468. The standard InChI is InChI=1S/C8H7IO3/c1-4(10)5-2-7(11)8(12)3-6(5)9/h2-3,11-12H,1H3. The van der Waals surface area contributed by atoms with Gasteiger partial charge < -0.3 is 10.2 Å². The summed E-state index contributed by atoms with van der Waals surface area (Å²) in [5.74, 6) is -0.597. The molecule has 0 bridgehead atoms. The number of ketones is 1. The van der Waals surface area contributed by atoms with Crippen molar-refractivity contribution in [1.29, 1.82) is 0 Å². The summed E-state index contributed by atoms with van der Waals surface area (Å²) >= 11 is 1.93. The fourth-order valence-electron chi connectivity index (χ4n) is 0.821. The Kier molecular flexibility index (Phi) is 2.56. The van der Waals surface area contributed by atoms with Crippen LogP contribution in [0.15, 0.2) is 12.1 Å². The van der Waals surface area contributed by atoms with Crippen molar-refractivity contribution in [3.8, 4) is 11.5 Å². The summed E-state index contributed by atoms with van der Waals surface area (Å²) in [4.78, 5) is 10.9. The molecule has 0 saturated heterocycles. The van der Waals surface area contributed by atoms with Crippen molar-refractivity contribution in [3.05, 3.63) is 21.3 Å². The molecule has 0 aromatic heterocycles. The molecule has 0 unspecified atom stereocenters. The van der Waals surface area contributed by atoms with Crippen LogP contribution in [0.4, 0.5) is 0 Å². The second kappa shape index (κ2) is 3.30. The highest BCUT2D eigenvalue weighted by molar-refractivity contribution is 14.1. The van der Waals surface area contributed by atoms with Crippen LogP contribution in [0.25, 0.3) is 0 Å². The van der Waals surface area contributed by atoms with E-state index in [9.17, 15) is 4.79 Å². The number of phenolic OH excluding ortho intramolecular Hbond substituents is 2. The summed E-state index contributed by atoms with van der Waals surface area (Å²) in [5, 5.41) is 18.1. The molecule has 0 saturated carbocycles. The maximum Gasteiger partial charge on any atom is 0.161 e. The molecule has 0 fully saturated rings. The van der Waals surface area contributed by atoms with Gasteiger partial charge in [-0.3, -0.25) is 4.79 Å². The Bertz CT molecular complexity index is 333. The third kappa shape index (κ3) is 1.69. The summed E-state index contributed by atoms with van der Waals surface area (Å²) in [6.45, 7) is 1.41. The molecule has 2 N–H and O–H groups in total. The number of benzene rings is 1. The minimum Gasteiger partial charge on any atom is -0.504 e. The van der Waals surface area contributed by atoms with Gasteiger partial charge in [-0.1, -0.05) is 0 Å². The highest BCUT2D eigenvalue weighted by atomic mass is 127. The van der Waals surface area contributed by atoms with Crippen LogP contribution in [0.5, 0.6) is 11.5 Å². The molecule has 1 aromatic carbocycles. The highest BCUT2D eigenvalue weighted by Crippen LogP contribution is 2.29. The minimum atomic E-state index is -0.263. The van der Waals surface area contributed by atoms with Crippen LogP contribution in [0.2, 0.25) is 0 Å². The smallest absolute Gasteiger partial charge is 0.161 e. The number of Topliss-reactive ketones (excluding diaryl/α,β-unsaturated/α-hetero) is 1. The predicted octanol–water partition coefficient (Wildman–Crippen LogP) is 1.91. The Balaban J connectivity index is 3.33. The van der Waals surface area contributed by atoms with Crippen LogP contribution in [0.1, 0.15) is 17.3 Å². The highest BCUT2D eigenvalue weighted by Gasteiger charge is 2.09. The van der Waals surface area contributed by atoms with Gasteiger partial charge in [0, 0.05) is 9.13 Å². The lowest BCUT2D eigenvalue weighted by atomic mass is 10.1. The molecule has 1 rings (SSSR count). The van der Waals surface area contributed by atoms with Crippen molar-refractivity contribution in [1.82, 2.24) is 0 Å². The Morgan fingerprint density at radius 2 is 1.83 bits per heavy atom. The van der Waals surface area contributed by atoms with Crippen LogP contribution in [-0.2, 0) is 0 Å². The van der Waals surface area contributed by atoms with Gasteiger partial charge in [0.15, 0.2) is 17.3 Å². The van der Waals surface area contributed by atoms with Gasteiger partial charge in [-0.15, -0.1) is 0 Å². The second-order valence-corrected chi connectivity index (χ2v) is 3.54. The first kappa shape index (κ1) is 9.31. The molecule has 64 valence electrons. The van der Waals surface area contributed by atoms with E-state index in [0.717, 1.165) is 0 Å². The lowest BCUT2D eigenvalue weighted by Gasteiger charge is -2.02. The number of carbonyl (C=O) groups excluding carboxylic acids is 1. The number of hydrogen-bond acceptors (Lipinski definition) is 3. The van der Waals surface area contributed by atoms with Gasteiger partial charge in [0.25, 0.3) is 0 Å². The Labute approximate surface area is 83.2 Å². The summed E-state index contributed by atoms with van der Waals surface area (Å²) in [7, 11) is 0. The fraction of sp³-hybridized carbons (Fsp3) is 0.125. The number of phenols is 2. The van der Waals surface area contributed by atoms with Crippen LogP contribution in [0, 0.1) is 3.57 Å². The molecule has 12 heavy (non-hydrogen) atoms. The topological polar surface area (TPSA) is 57.5 Å². The molecule has 3 nitrogen and oxygen atoms in total. The second-order valence-electron chi connectivity index (χ2n) is 2.38. The van der Waals surface area contributed by atoms with Crippen molar-refractivity contribution in [2.75, 3.05) is 0 Å². The van der Waals surface area contributed by atoms with Crippen LogP contribution < -0.4 is 0 Å². The number of aromatic hydroxyl groups is 2. The van der Waals surface area contributed by atoms with Crippen molar-refractivity contribution in [2.45, 2.75) is 6.92 Å². The van der Waals surface area contributed by atoms with E-state index in [4.69, 9.17) is 10.2 Å². The monoisotopic (exact) mass is 278 g/mol. The van der Waals surface area contributed by atoms with Gasteiger partial charge in [0.1, 0.15) is 0 Å². The average molecular weight is 278 g/mol. The lowest BCUT2D eigenvalue weighted by molar-refractivity contribution is 0.101. The van der Waals surface area contributed by atoms with E-state index in [0.29, 0.717) is 9.13 Å². The minimum absolute atomic E-state index is 0.130. The van der Waals surface area contributed by atoms with E-state index in [1.54, 1.807) is 0 Å². The molecule has 0 aliphatic rings. The van der Waals surface area contributed by atoms with E-state index in [1.807, 2.05) is 22.6 Å². The Morgan fingerprint density at radius 3 is 2.33 bits per heavy atom. The molecule has 0 aliphatic carbocycles. The van der Waals surface area contributed by atoms with E-state index >= 15 is 0 Å². The first-order valence-electron chi connectivity index (χ1n) is 3.25. The Morgan fingerprint density at radius 1 is 1.33 bits per heavy atom. The predicted molar refractivity (Wildman–Crippen MR) is 52.5 cm³/mol. The van der Waals surface area contributed by atoms with Gasteiger partial charge in [-0.2, -0.15) is 0 Å². The van der Waals surface area contributed by atoms with Crippen molar-refractivity contribution < 1.29 is 15.0 Å². The molecule has 0 amide bonds. The molecule has 4 heteroatoms. The number of carbonyl (C=O) groups is 1. The molecular formula is C8H7IO3. The fourth-order valence-corrected chi connectivity index (χ4v) is 1.65. The SMILES string of the molecule is CC(=O)c1cc(O)c(O)cc1I. The van der Waals surface area contributed by atoms with Crippen molar-refractivity contribution >= 4 is 28.4 Å². The average Bonchev–Trinajstić information content (AvgIpc) is 1.96. The number of hydrogen-bond donors (Lipinski definition) is 2. The number of rotatable bonds is 1. The van der Waals surface area contributed by atoms with E-state index < -0.39 is 0 Å². The van der Waals surface area contributed by atoms with Crippen molar-refractivity contribution in [3.63, 3.8) is 0 Å². The molecule has 0 atom stereocenters. The van der Waals surface area contributed by atoms with Crippen LogP contribution in [-0.4, -0.2) is 16.0 Å². The van der Waals surface area contributed by atoms with Crippen LogP contribution >= 0.6 is 22.6 Å². The zero-order chi connectivity index (χ0) is 9.30. The van der Waals surface area contributed by atoms with Gasteiger partial charge in [0.05, 0.1) is 0 Å². The number of halogens is 1. The summed E-state index contributed by atoms with van der Waals surface area (Å²) in [6.07, 6.45) is 0. The summed E-state index contributed by atoms with van der Waals surface area (Å²) in [6, 6.07) is 2.62. The molecular weight excluding hydrogens is 271 g/mol. The van der Waals surface area contributed by atoms with Gasteiger partial charge in [-0.05, 0) is 41.6 Å². The largest absolute Gasteiger partial charge is 0.504 e. The van der Waals surface area contributed by atoms with E-state index in [-0.39, 0.29) is 17.3 Å². The molecule has 0 aliphatic heterocycles. The van der Waals surface area contributed by atoms with E-state index in [1.165, 1.54) is 19.1 Å². The van der Waals surface area contributed by atoms with Gasteiger partial charge in [0.2, 0.25) is 0 Å². The zero-order valence-corrected chi connectivity index (χ0v) is 8.49. The third-order valence-electron chi connectivity index (χ3n) is 1.44. The molecule has 1 aromatic rings. The molecule has 0 heterocycles.